The number of piperidine rings is 1. The van der Waals surface area contributed by atoms with Gasteiger partial charge in [-0.2, -0.15) is 0 Å². The Morgan fingerprint density at radius 3 is 2.69 bits per heavy atom. The van der Waals surface area contributed by atoms with Gasteiger partial charge in [-0.1, -0.05) is 18.6 Å². The highest BCUT2D eigenvalue weighted by Gasteiger charge is 2.42. The minimum Gasteiger partial charge on any atom is -0.504 e. The van der Waals surface area contributed by atoms with Crippen molar-refractivity contribution >= 4 is 11.7 Å². The maximum atomic E-state index is 12.0. The number of aromatic hydroxyl groups is 1. The summed E-state index contributed by atoms with van der Waals surface area (Å²) < 4.78 is 10.4. The predicted octanol–water partition coefficient (Wildman–Crippen LogP) is 3.95. The monoisotopic (exact) mass is 396 g/mol. The largest absolute Gasteiger partial charge is 0.504 e. The summed E-state index contributed by atoms with van der Waals surface area (Å²) in [5.41, 5.74) is 2.43. The highest BCUT2D eigenvalue weighted by Crippen LogP contribution is 2.45. The first-order valence-corrected chi connectivity index (χ1v) is 10.3. The van der Waals surface area contributed by atoms with Crippen molar-refractivity contribution in [3.8, 4) is 11.5 Å². The van der Waals surface area contributed by atoms with Gasteiger partial charge in [0.2, 0.25) is 0 Å². The van der Waals surface area contributed by atoms with Crippen LogP contribution in [0.4, 0.5) is 5.69 Å². The first-order chi connectivity index (χ1) is 14.1. The number of anilines is 1. The lowest BCUT2D eigenvalue weighted by Crippen LogP contribution is -2.37. The van der Waals surface area contributed by atoms with Gasteiger partial charge in [0, 0.05) is 30.4 Å². The normalized spacial score (nSPS) is 21.7. The number of para-hydroxylation sites is 1. The molecule has 2 aromatic carbocycles. The van der Waals surface area contributed by atoms with Gasteiger partial charge in [0.1, 0.15) is 6.17 Å². The second-order valence-electron chi connectivity index (χ2n) is 7.58. The Hall–Kier alpha value is -2.73. The van der Waals surface area contributed by atoms with Gasteiger partial charge in [-0.3, -0.25) is 4.90 Å². The number of fused-ring (bicyclic) bond motifs is 1. The maximum Gasteiger partial charge on any atom is 0.338 e. The number of carbonyl (C=O) groups excluding carboxylic acids is 1. The molecular weight excluding hydrogens is 368 g/mol. The van der Waals surface area contributed by atoms with Crippen LogP contribution >= 0.6 is 0 Å². The van der Waals surface area contributed by atoms with Crippen LogP contribution in [-0.2, 0) is 4.74 Å². The third-order valence-corrected chi connectivity index (χ3v) is 5.93. The second-order valence-corrected chi connectivity index (χ2v) is 7.58. The molecule has 0 aliphatic carbocycles. The third kappa shape index (κ3) is 3.65. The van der Waals surface area contributed by atoms with Gasteiger partial charge < -0.3 is 19.5 Å². The van der Waals surface area contributed by atoms with Gasteiger partial charge in [0.15, 0.2) is 11.5 Å². The molecule has 29 heavy (non-hydrogen) atoms. The molecule has 0 bridgehead atoms. The first-order valence-electron chi connectivity index (χ1n) is 10.3. The number of methoxy groups -OCH3 is 1. The van der Waals surface area contributed by atoms with Crippen LogP contribution in [0.1, 0.15) is 48.3 Å². The van der Waals surface area contributed by atoms with Gasteiger partial charge in [-0.15, -0.1) is 0 Å². The van der Waals surface area contributed by atoms with E-state index in [9.17, 15) is 9.90 Å². The van der Waals surface area contributed by atoms with E-state index >= 15 is 0 Å². The standard InChI is InChI=1S/C23H28N2O4/c1-3-29-23(27)16-10-12-17(13-11-16)25-15-18-7-4-5-14-24(18)22(25)19-8-6-9-20(28-2)21(19)26/h6,8-13,18,22,26H,3-5,7,14-15H2,1-2H3/t18-,22-/m1/s1. The van der Waals surface area contributed by atoms with E-state index in [1.807, 2.05) is 36.4 Å². The molecular formula is C23H28N2O4. The van der Waals surface area contributed by atoms with Crippen molar-refractivity contribution < 1.29 is 19.4 Å². The highest BCUT2D eigenvalue weighted by molar-refractivity contribution is 5.89. The van der Waals surface area contributed by atoms with Gasteiger partial charge in [0.25, 0.3) is 0 Å². The number of phenols is 1. The van der Waals surface area contributed by atoms with Crippen LogP contribution in [-0.4, -0.2) is 48.8 Å². The lowest BCUT2D eigenvalue weighted by molar-refractivity contribution is 0.0526. The van der Waals surface area contributed by atoms with Crippen LogP contribution in [0.2, 0.25) is 0 Å². The van der Waals surface area contributed by atoms with E-state index < -0.39 is 0 Å². The fourth-order valence-electron chi connectivity index (χ4n) is 4.56. The van der Waals surface area contributed by atoms with Gasteiger partial charge >= 0.3 is 5.97 Å². The Morgan fingerprint density at radius 1 is 1.17 bits per heavy atom. The van der Waals surface area contributed by atoms with Crippen LogP contribution in [0.15, 0.2) is 42.5 Å². The van der Waals surface area contributed by atoms with Crippen LogP contribution in [0.3, 0.4) is 0 Å². The molecule has 6 nitrogen and oxygen atoms in total. The Bertz CT molecular complexity index is 868. The summed E-state index contributed by atoms with van der Waals surface area (Å²) in [4.78, 5) is 16.8. The average Bonchev–Trinajstić information content (AvgIpc) is 3.13. The number of rotatable bonds is 5. The summed E-state index contributed by atoms with van der Waals surface area (Å²) in [6.07, 6.45) is 3.48. The lowest BCUT2D eigenvalue weighted by Gasteiger charge is -2.35. The molecule has 1 N–H and O–H groups in total. The molecule has 2 heterocycles. The summed E-state index contributed by atoms with van der Waals surface area (Å²) in [5, 5.41) is 10.8. The Morgan fingerprint density at radius 2 is 1.97 bits per heavy atom. The molecule has 0 amide bonds. The molecule has 2 fully saturated rings. The lowest BCUT2D eigenvalue weighted by atomic mass is 10.0. The summed E-state index contributed by atoms with van der Waals surface area (Å²) in [6, 6.07) is 13.7. The van der Waals surface area contributed by atoms with Gasteiger partial charge in [-0.25, -0.2) is 4.79 Å². The SMILES string of the molecule is CCOC(=O)c1ccc(N2C[C@H]3CCCCN3[C@H]2c2cccc(OC)c2O)cc1. The predicted molar refractivity (Wildman–Crippen MR) is 111 cm³/mol. The molecule has 0 spiro atoms. The zero-order valence-electron chi connectivity index (χ0n) is 17.0. The van der Waals surface area contributed by atoms with E-state index in [1.54, 1.807) is 20.1 Å². The van der Waals surface area contributed by atoms with Gasteiger partial charge in [0.05, 0.1) is 19.3 Å². The Labute approximate surface area is 171 Å². The fraction of sp³-hybridized carbons (Fsp3) is 0.435. The number of carbonyl (C=O) groups is 1. The number of ether oxygens (including phenoxy) is 2. The average molecular weight is 396 g/mol. The van der Waals surface area contributed by atoms with Crippen molar-refractivity contribution in [1.82, 2.24) is 4.90 Å². The van der Waals surface area contributed by atoms with Crippen molar-refractivity contribution in [3.63, 3.8) is 0 Å². The van der Waals surface area contributed by atoms with E-state index in [0.29, 0.717) is 24.0 Å². The number of hydrogen-bond donors (Lipinski definition) is 1. The van der Waals surface area contributed by atoms with E-state index in [2.05, 4.69) is 9.80 Å². The zero-order chi connectivity index (χ0) is 20.4. The molecule has 2 aliphatic rings. The smallest absolute Gasteiger partial charge is 0.338 e. The van der Waals surface area contributed by atoms with Crippen molar-refractivity contribution in [2.45, 2.75) is 38.4 Å². The van der Waals surface area contributed by atoms with E-state index in [-0.39, 0.29) is 17.9 Å². The number of esters is 1. The first kappa shape index (κ1) is 19.6. The van der Waals surface area contributed by atoms with E-state index in [4.69, 9.17) is 9.47 Å². The number of phenolic OH excluding ortho intramolecular Hbond substituents is 1. The molecule has 154 valence electrons. The quantitative estimate of drug-likeness (QED) is 0.772. The zero-order valence-corrected chi connectivity index (χ0v) is 17.0. The van der Waals surface area contributed by atoms with E-state index in [1.165, 1.54) is 6.42 Å². The topological polar surface area (TPSA) is 62.2 Å². The molecule has 0 aromatic heterocycles. The summed E-state index contributed by atoms with van der Waals surface area (Å²) in [7, 11) is 1.57. The minimum absolute atomic E-state index is 0.0659. The minimum atomic E-state index is -0.306. The Kier molecular flexibility index (Phi) is 5.62. The van der Waals surface area contributed by atoms with Crippen molar-refractivity contribution in [1.29, 1.82) is 0 Å². The van der Waals surface area contributed by atoms with Crippen molar-refractivity contribution in [2.24, 2.45) is 0 Å². The molecule has 2 aliphatic heterocycles. The molecule has 0 saturated carbocycles. The summed E-state index contributed by atoms with van der Waals surface area (Å²) in [6.45, 7) is 4.06. The molecule has 0 radical (unpaired) electrons. The number of benzene rings is 2. The maximum absolute atomic E-state index is 12.0. The summed E-state index contributed by atoms with van der Waals surface area (Å²) in [5.74, 6) is 0.375. The molecule has 6 heteroatoms. The summed E-state index contributed by atoms with van der Waals surface area (Å²) >= 11 is 0. The molecule has 4 rings (SSSR count). The number of nitrogens with zero attached hydrogens (tertiary/aromatic N) is 2. The van der Waals surface area contributed by atoms with Gasteiger partial charge in [-0.05, 0) is 50.1 Å². The highest BCUT2D eigenvalue weighted by atomic mass is 16.5. The van der Waals surface area contributed by atoms with Crippen LogP contribution < -0.4 is 9.64 Å². The molecule has 2 aromatic rings. The number of hydrogen-bond acceptors (Lipinski definition) is 6. The fourth-order valence-corrected chi connectivity index (χ4v) is 4.56. The third-order valence-electron chi connectivity index (χ3n) is 5.93. The molecule has 0 unspecified atom stereocenters. The van der Waals surface area contributed by atoms with Crippen LogP contribution in [0, 0.1) is 0 Å². The van der Waals surface area contributed by atoms with Crippen molar-refractivity contribution in [3.05, 3.63) is 53.6 Å². The van der Waals surface area contributed by atoms with E-state index in [0.717, 1.165) is 37.2 Å². The molecule has 2 atom stereocenters. The van der Waals surface area contributed by atoms with Crippen LogP contribution in [0.5, 0.6) is 11.5 Å². The van der Waals surface area contributed by atoms with Crippen LogP contribution in [0.25, 0.3) is 0 Å². The Balaban J connectivity index is 1.70. The second kappa shape index (κ2) is 8.33. The van der Waals surface area contributed by atoms with Crippen molar-refractivity contribution in [2.75, 3.05) is 31.7 Å². The molecule has 2 saturated heterocycles.